The third-order valence-electron chi connectivity index (χ3n) is 5.62. The second-order valence-electron chi connectivity index (χ2n) is 8.18. The second kappa shape index (κ2) is 9.89. The minimum Gasteiger partial charge on any atom is -0.347 e. The number of benzene rings is 2. The smallest absolute Gasteiger partial charge is 0.215 e. The molecule has 8 heteroatoms. The Bertz CT molecular complexity index is 1070. The highest BCUT2D eigenvalue weighted by Crippen LogP contribution is 2.25. The van der Waals surface area contributed by atoms with Crippen molar-refractivity contribution >= 4 is 26.7 Å². The lowest BCUT2D eigenvalue weighted by molar-refractivity contribution is 0.401. The van der Waals surface area contributed by atoms with Gasteiger partial charge in [0.1, 0.15) is 5.82 Å². The number of rotatable bonds is 8. The molecule has 0 spiro atoms. The molecule has 0 radical (unpaired) electrons. The van der Waals surface area contributed by atoms with Gasteiger partial charge < -0.3 is 4.90 Å². The normalized spacial score (nSPS) is 15.3. The number of sulfonamides is 1. The highest BCUT2D eigenvalue weighted by atomic mass is 32.2. The van der Waals surface area contributed by atoms with Crippen molar-refractivity contribution in [3.63, 3.8) is 0 Å². The van der Waals surface area contributed by atoms with Crippen LogP contribution >= 0.6 is 11.5 Å². The van der Waals surface area contributed by atoms with E-state index in [0.717, 1.165) is 48.9 Å². The van der Waals surface area contributed by atoms with Gasteiger partial charge in [0.15, 0.2) is 0 Å². The summed E-state index contributed by atoms with van der Waals surface area (Å²) in [6.45, 7) is 4.34. The summed E-state index contributed by atoms with van der Waals surface area (Å²) in [5.41, 5.74) is 3.28. The first-order valence-corrected chi connectivity index (χ1v) is 13.0. The lowest BCUT2D eigenvalue weighted by Crippen LogP contribution is -2.39. The van der Waals surface area contributed by atoms with Crippen LogP contribution in [0.25, 0.3) is 0 Å². The molecule has 2 aromatic carbocycles. The van der Waals surface area contributed by atoms with E-state index < -0.39 is 10.0 Å². The SMILES string of the molecule is Cc1ccc(Cc2nsc(N3CCC(CNS(=O)(=O)Cc4ccccc4)CC3)n2)cc1. The fraction of sp³-hybridized carbons (Fsp3) is 0.391. The van der Waals surface area contributed by atoms with Crippen LogP contribution in [-0.4, -0.2) is 37.4 Å². The van der Waals surface area contributed by atoms with Gasteiger partial charge in [-0.15, -0.1) is 0 Å². The van der Waals surface area contributed by atoms with E-state index in [1.165, 1.54) is 22.7 Å². The standard InChI is InChI=1S/C23H28N4O2S2/c1-18-7-9-19(10-8-18)15-22-25-23(30-26-22)27-13-11-20(12-14-27)16-24-31(28,29)17-21-5-3-2-4-6-21/h2-10,20,24H,11-17H2,1H3. The van der Waals surface area contributed by atoms with Gasteiger partial charge in [0, 0.05) is 37.6 Å². The first-order valence-electron chi connectivity index (χ1n) is 10.6. The lowest BCUT2D eigenvalue weighted by atomic mass is 9.97. The van der Waals surface area contributed by atoms with Crippen LogP contribution in [0.2, 0.25) is 0 Å². The van der Waals surface area contributed by atoms with Crippen LogP contribution in [0.15, 0.2) is 54.6 Å². The van der Waals surface area contributed by atoms with E-state index in [-0.39, 0.29) is 5.75 Å². The van der Waals surface area contributed by atoms with Gasteiger partial charge in [0.2, 0.25) is 15.2 Å². The maximum Gasteiger partial charge on any atom is 0.215 e. The van der Waals surface area contributed by atoms with Gasteiger partial charge in [-0.1, -0.05) is 60.2 Å². The van der Waals surface area contributed by atoms with Crippen LogP contribution in [0.3, 0.4) is 0 Å². The third-order valence-corrected chi connectivity index (χ3v) is 7.75. The largest absolute Gasteiger partial charge is 0.347 e. The quantitative estimate of drug-likeness (QED) is 0.558. The summed E-state index contributed by atoms with van der Waals surface area (Å²) >= 11 is 1.45. The number of aromatic nitrogens is 2. The first kappa shape index (κ1) is 21.9. The van der Waals surface area contributed by atoms with Crippen molar-refractivity contribution in [2.75, 3.05) is 24.5 Å². The first-order chi connectivity index (χ1) is 15.0. The van der Waals surface area contributed by atoms with Gasteiger partial charge >= 0.3 is 0 Å². The number of anilines is 1. The van der Waals surface area contributed by atoms with Crippen molar-refractivity contribution < 1.29 is 8.42 Å². The Balaban J connectivity index is 1.24. The van der Waals surface area contributed by atoms with E-state index >= 15 is 0 Å². The number of hydrogen-bond donors (Lipinski definition) is 1. The van der Waals surface area contributed by atoms with E-state index in [4.69, 9.17) is 4.98 Å². The van der Waals surface area contributed by atoms with Crippen molar-refractivity contribution in [1.82, 2.24) is 14.1 Å². The maximum atomic E-state index is 12.4. The van der Waals surface area contributed by atoms with Crippen molar-refractivity contribution in [3.8, 4) is 0 Å². The zero-order valence-corrected chi connectivity index (χ0v) is 19.3. The van der Waals surface area contributed by atoms with Gasteiger partial charge in [0.25, 0.3) is 0 Å². The zero-order valence-electron chi connectivity index (χ0n) is 17.7. The van der Waals surface area contributed by atoms with Crippen molar-refractivity contribution in [2.45, 2.75) is 31.9 Å². The van der Waals surface area contributed by atoms with E-state index in [1.807, 2.05) is 30.3 Å². The molecule has 0 atom stereocenters. The molecule has 164 valence electrons. The molecule has 0 amide bonds. The predicted octanol–water partition coefficient (Wildman–Crippen LogP) is 3.77. The van der Waals surface area contributed by atoms with Crippen molar-refractivity contribution in [3.05, 3.63) is 77.1 Å². The van der Waals surface area contributed by atoms with E-state index in [2.05, 4.69) is 45.2 Å². The molecule has 2 heterocycles. The average Bonchev–Trinajstić information content (AvgIpc) is 3.23. The number of aryl methyl sites for hydroxylation is 1. The molecule has 3 aromatic rings. The molecule has 1 saturated heterocycles. The third kappa shape index (κ3) is 6.35. The minimum atomic E-state index is -3.31. The fourth-order valence-electron chi connectivity index (χ4n) is 3.75. The van der Waals surface area contributed by atoms with Crippen LogP contribution in [0.5, 0.6) is 0 Å². The Labute approximate surface area is 188 Å². The van der Waals surface area contributed by atoms with Crippen molar-refractivity contribution in [1.29, 1.82) is 0 Å². The molecular formula is C23H28N4O2S2. The minimum absolute atomic E-state index is 0.0290. The highest BCUT2D eigenvalue weighted by Gasteiger charge is 2.23. The molecule has 0 bridgehead atoms. The summed E-state index contributed by atoms with van der Waals surface area (Å²) in [6, 6.07) is 17.8. The monoisotopic (exact) mass is 456 g/mol. The topological polar surface area (TPSA) is 75.2 Å². The predicted molar refractivity (Wildman–Crippen MR) is 126 cm³/mol. The molecule has 1 aliphatic heterocycles. The zero-order chi connectivity index (χ0) is 21.7. The number of nitrogens with zero attached hydrogens (tertiary/aromatic N) is 3. The van der Waals surface area contributed by atoms with Crippen LogP contribution in [0.1, 0.15) is 35.4 Å². The van der Waals surface area contributed by atoms with E-state index in [0.29, 0.717) is 12.5 Å². The highest BCUT2D eigenvalue weighted by molar-refractivity contribution is 7.88. The molecule has 1 fully saturated rings. The molecule has 1 aliphatic rings. The average molecular weight is 457 g/mol. The summed E-state index contributed by atoms with van der Waals surface area (Å²) in [4.78, 5) is 7.00. The molecular weight excluding hydrogens is 428 g/mol. The second-order valence-corrected chi connectivity index (χ2v) is 10.7. The maximum absolute atomic E-state index is 12.4. The Kier molecular flexibility index (Phi) is 6.99. The molecule has 0 unspecified atom stereocenters. The molecule has 0 saturated carbocycles. The summed E-state index contributed by atoms with van der Waals surface area (Å²) in [7, 11) is -3.31. The molecule has 31 heavy (non-hydrogen) atoms. The Morgan fingerprint density at radius 2 is 1.74 bits per heavy atom. The molecule has 1 N–H and O–H groups in total. The summed E-state index contributed by atoms with van der Waals surface area (Å²) in [5.74, 6) is 1.24. The van der Waals surface area contributed by atoms with Gasteiger partial charge in [-0.2, -0.15) is 4.37 Å². The molecule has 0 aliphatic carbocycles. The van der Waals surface area contributed by atoms with Crippen LogP contribution < -0.4 is 9.62 Å². The van der Waals surface area contributed by atoms with Crippen molar-refractivity contribution in [2.24, 2.45) is 5.92 Å². The number of piperidine rings is 1. The van der Waals surface area contributed by atoms with Gasteiger partial charge in [0.05, 0.1) is 5.75 Å². The van der Waals surface area contributed by atoms with E-state index in [9.17, 15) is 8.42 Å². The van der Waals surface area contributed by atoms with Crippen LogP contribution in [0.4, 0.5) is 5.13 Å². The number of nitrogens with one attached hydrogen (secondary N) is 1. The molecule has 1 aromatic heterocycles. The summed E-state index contributed by atoms with van der Waals surface area (Å²) in [6.07, 6.45) is 2.64. The Morgan fingerprint density at radius 1 is 1.03 bits per heavy atom. The molecule has 4 rings (SSSR count). The van der Waals surface area contributed by atoms with Gasteiger partial charge in [-0.3, -0.25) is 0 Å². The Morgan fingerprint density at radius 3 is 2.45 bits per heavy atom. The van der Waals surface area contributed by atoms with Gasteiger partial charge in [-0.05, 0) is 36.8 Å². The Hall–Kier alpha value is -2.29. The summed E-state index contributed by atoms with van der Waals surface area (Å²) < 4.78 is 32.1. The number of hydrogen-bond acceptors (Lipinski definition) is 6. The lowest BCUT2D eigenvalue weighted by Gasteiger charge is -2.31. The van der Waals surface area contributed by atoms with Crippen LogP contribution in [0, 0.1) is 12.8 Å². The van der Waals surface area contributed by atoms with Gasteiger partial charge in [-0.25, -0.2) is 18.1 Å². The van der Waals surface area contributed by atoms with E-state index in [1.54, 1.807) is 0 Å². The summed E-state index contributed by atoms with van der Waals surface area (Å²) in [5, 5.41) is 0.963. The molecule has 6 nitrogen and oxygen atoms in total. The van der Waals surface area contributed by atoms with Crippen LogP contribution in [-0.2, 0) is 22.2 Å². The fourth-order valence-corrected chi connectivity index (χ4v) is 5.71.